The molecule has 1 saturated carbocycles. The lowest BCUT2D eigenvalue weighted by Crippen LogP contribution is -2.49. The highest BCUT2D eigenvalue weighted by atomic mass is 31.2. The van der Waals surface area contributed by atoms with E-state index in [9.17, 15) is 23.2 Å². The van der Waals surface area contributed by atoms with Gasteiger partial charge in [-0.2, -0.15) is 15.1 Å². The summed E-state index contributed by atoms with van der Waals surface area (Å²) in [6.45, 7) is 2.08. The van der Waals surface area contributed by atoms with E-state index in [1.165, 1.54) is 19.1 Å². The topological polar surface area (TPSA) is 185 Å². The third-order valence-electron chi connectivity index (χ3n) is 6.80. The number of hydrogen-bond acceptors (Lipinski definition) is 12. The molecule has 2 aliphatic rings. The lowest BCUT2D eigenvalue weighted by molar-refractivity contribution is -0.144. The molecule has 0 spiro atoms. The van der Waals surface area contributed by atoms with Gasteiger partial charge in [-0.25, -0.2) is 22.7 Å². The molecule has 0 radical (unpaired) electrons. The first-order valence-electron chi connectivity index (χ1n) is 13.5. The Kier molecular flexibility index (Phi) is 8.81. The fourth-order valence-electron chi connectivity index (χ4n) is 4.49. The summed E-state index contributed by atoms with van der Waals surface area (Å²) in [7, 11) is -4.48. The maximum Gasteiger partial charge on any atom is 0.459 e. The number of rotatable bonds is 13. The number of benzene rings is 1. The van der Waals surface area contributed by atoms with Crippen LogP contribution in [0, 0.1) is 0 Å². The predicted molar refractivity (Wildman–Crippen MR) is 146 cm³/mol. The average molecular weight is 630 g/mol. The Hall–Kier alpha value is -3.50. The maximum absolute atomic E-state index is 16.1. The zero-order chi connectivity index (χ0) is 30.9. The van der Waals surface area contributed by atoms with E-state index in [1.54, 1.807) is 25.1 Å². The van der Waals surface area contributed by atoms with Crippen molar-refractivity contribution in [2.45, 2.75) is 69.3 Å². The van der Waals surface area contributed by atoms with Crippen LogP contribution in [0.2, 0.25) is 0 Å². The number of anilines is 2. The number of nitrogens with one attached hydrogen (secondary N) is 2. The summed E-state index contributed by atoms with van der Waals surface area (Å²) in [5.41, 5.74) is 2.17. The molecule has 6 atom stereocenters. The van der Waals surface area contributed by atoms with E-state index < -0.39 is 56.9 Å². The lowest BCUT2D eigenvalue weighted by Gasteiger charge is -2.28. The van der Waals surface area contributed by atoms with Gasteiger partial charge in [-0.3, -0.25) is 13.9 Å². The summed E-state index contributed by atoms with van der Waals surface area (Å²) in [6.07, 6.45) is -7.34. The molecule has 1 unspecified atom stereocenters. The van der Waals surface area contributed by atoms with E-state index in [-0.39, 0.29) is 41.3 Å². The first-order valence-corrected chi connectivity index (χ1v) is 15.0. The minimum absolute atomic E-state index is 0.0445. The summed E-state index contributed by atoms with van der Waals surface area (Å²) in [4.78, 5) is 24.5. The van der Waals surface area contributed by atoms with Crippen LogP contribution in [0.15, 0.2) is 36.7 Å². The number of nitrogens with two attached hydrogens (primary N) is 1. The Morgan fingerprint density at radius 1 is 1.30 bits per heavy atom. The molecule has 2 aromatic heterocycles. The number of aliphatic hydroxyl groups excluding tert-OH is 1. The summed E-state index contributed by atoms with van der Waals surface area (Å²) in [5, 5.41) is 16.3. The number of halogens is 3. The van der Waals surface area contributed by atoms with Crippen molar-refractivity contribution in [3.8, 4) is 5.75 Å². The molecule has 1 aromatic carbocycles. The third kappa shape index (κ3) is 6.40. The predicted octanol–water partition coefficient (Wildman–Crippen LogP) is 2.96. The fourth-order valence-corrected chi connectivity index (χ4v) is 5.99. The van der Waals surface area contributed by atoms with Crippen molar-refractivity contribution in [3.05, 3.63) is 36.7 Å². The van der Waals surface area contributed by atoms with Gasteiger partial charge in [-0.05, 0) is 38.8 Å². The number of alkyl halides is 3. The molecule has 5 rings (SSSR count). The van der Waals surface area contributed by atoms with Crippen LogP contribution in [0.25, 0.3) is 11.2 Å². The maximum atomic E-state index is 16.1. The van der Waals surface area contributed by atoms with Crippen molar-refractivity contribution in [3.63, 3.8) is 0 Å². The van der Waals surface area contributed by atoms with Crippen LogP contribution < -0.4 is 20.7 Å². The fraction of sp³-hybridized carbons (Fsp3) is 0.520. The molecule has 14 nitrogen and oxygen atoms in total. The molecule has 2 fully saturated rings. The number of nitrogens with zero attached hydrogens (tertiary/aromatic N) is 4. The molecular weight excluding hydrogens is 598 g/mol. The average Bonchev–Trinajstić information content (AvgIpc) is 3.62. The van der Waals surface area contributed by atoms with E-state index in [1.807, 2.05) is 0 Å². The molecule has 43 heavy (non-hydrogen) atoms. The number of fused-ring (bicyclic) bond motifs is 1. The first kappa shape index (κ1) is 30.9. The van der Waals surface area contributed by atoms with Gasteiger partial charge in [0.25, 0.3) is 6.43 Å². The SMILES string of the molecule is CCOC(=O)C(C)N[P@@](=O)(OC[C@H]1O[C@@H](n2cnc3c(NC4CC4)nc(N)nc32)[C@@](F)(C(F)F)[C@@H]1O)Oc1ccccc1. The Labute approximate surface area is 243 Å². The highest BCUT2D eigenvalue weighted by Gasteiger charge is 2.64. The molecule has 5 N–H and O–H groups in total. The number of ether oxygens (including phenoxy) is 2. The molecule has 0 amide bonds. The number of imidazole rings is 1. The number of aromatic nitrogens is 4. The van der Waals surface area contributed by atoms with Crippen molar-refractivity contribution in [2.24, 2.45) is 0 Å². The Morgan fingerprint density at radius 3 is 2.67 bits per heavy atom. The van der Waals surface area contributed by atoms with Gasteiger partial charge in [0.15, 0.2) is 23.2 Å². The van der Waals surface area contributed by atoms with Crippen LogP contribution in [0.4, 0.5) is 24.9 Å². The molecule has 234 valence electrons. The smallest absolute Gasteiger partial charge is 0.459 e. The van der Waals surface area contributed by atoms with Crippen molar-refractivity contribution in [1.82, 2.24) is 24.6 Å². The second kappa shape index (κ2) is 12.2. The molecule has 0 bridgehead atoms. The molecule has 1 saturated heterocycles. The number of esters is 1. The number of nitrogen functional groups attached to an aromatic ring is 1. The number of hydrogen-bond donors (Lipinski definition) is 4. The monoisotopic (exact) mass is 629 g/mol. The van der Waals surface area contributed by atoms with Crippen LogP contribution in [-0.4, -0.2) is 80.2 Å². The van der Waals surface area contributed by atoms with E-state index in [4.69, 9.17) is 24.3 Å². The number of para-hydroxylation sites is 1. The Bertz CT molecular complexity index is 1500. The second-order valence-electron chi connectivity index (χ2n) is 10.1. The van der Waals surface area contributed by atoms with Crippen molar-refractivity contribution in [1.29, 1.82) is 0 Å². The quantitative estimate of drug-likeness (QED) is 0.160. The van der Waals surface area contributed by atoms with Crippen molar-refractivity contribution < 1.29 is 46.2 Å². The van der Waals surface area contributed by atoms with Gasteiger partial charge in [0.05, 0.1) is 19.5 Å². The van der Waals surface area contributed by atoms with Gasteiger partial charge in [0.2, 0.25) is 11.6 Å². The lowest BCUT2D eigenvalue weighted by atomic mass is 9.96. The van der Waals surface area contributed by atoms with Crippen LogP contribution >= 0.6 is 7.75 Å². The van der Waals surface area contributed by atoms with E-state index >= 15 is 4.39 Å². The summed E-state index contributed by atoms with van der Waals surface area (Å²) < 4.78 is 80.8. The minimum Gasteiger partial charge on any atom is -0.465 e. The van der Waals surface area contributed by atoms with Gasteiger partial charge < -0.3 is 30.2 Å². The molecule has 18 heteroatoms. The van der Waals surface area contributed by atoms with E-state index in [0.717, 1.165) is 23.7 Å². The summed E-state index contributed by atoms with van der Waals surface area (Å²) in [5.74, 6) is -0.683. The van der Waals surface area contributed by atoms with Gasteiger partial charge >= 0.3 is 13.7 Å². The van der Waals surface area contributed by atoms with Crippen LogP contribution in [0.5, 0.6) is 5.75 Å². The standard InChI is InChI=1S/C25H31F3N7O7P/c1-3-39-21(37)13(2)34-43(38,42-15-7-5-4-6-8-15)40-11-16-18(36)25(28,22(26)27)23(41-16)35-12-30-17-19(31-14-9-10-14)32-24(29)33-20(17)35/h4-8,12-14,16,18,22-23,36H,3,9-11H2,1-2H3,(H,34,38)(H3,29,31,32,33)/t13?,16-,18-,23-,25+,43-/m1/s1. The van der Waals surface area contributed by atoms with Gasteiger partial charge in [0, 0.05) is 6.04 Å². The number of aliphatic hydroxyl groups is 1. The van der Waals surface area contributed by atoms with Gasteiger partial charge in [-0.15, -0.1) is 0 Å². The second-order valence-corrected chi connectivity index (χ2v) is 11.8. The summed E-state index contributed by atoms with van der Waals surface area (Å²) in [6, 6.07) is 6.68. The Balaban J connectivity index is 1.41. The molecule has 1 aliphatic carbocycles. The van der Waals surface area contributed by atoms with Crippen LogP contribution in [-0.2, 0) is 23.4 Å². The number of carbonyl (C=O) groups excluding carboxylic acids is 1. The van der Waals surface area contributed by atoms with E-state index in [2.05, 4.69) is 25.4 Å². The van der Waals surface area contributed by atoms with Crippen LogP contribution in [0.1, 0.15) is 32.9 Å². The van der Waals surface area contributed by atoms with Gasteiger partial charge in [-0.1, -0.05) is 18.2 Å². The Morgan fingerprint density at radius 2 is 2.02 bits per heavy atom. The molecule has 3 heterocycles. The largest absolute Gasteiger partial charge is 0.465 e. The van der Waals surface area contributed by atoms with E-state index in [0.29, 0.717) is 0 Å². The first-order chi connectivity index (χ1) is 20.4. The zero-order valence-corrected chi connectivity index (χ0v) is 24.0. The molecule has 1 aliphatic heterocycles. The highest BCUT2D eigenvalue weighted by Crippen LogP contribution is 2.50. The highest BCUT2D eigenvalue weighted by molar-refractivity contribution is 7.52. The van der Waals surface area contributed by atoms with Crippen molar-refractivity contribution in [2.75, 3.05) is 24.3 Å². The zero-order valence-electron chi connectivity index (χ0n) is 23.1. The third-order valence-corrected chi connectivity index (χ3v) is 8.44. The summed E-state index contributed by atoms with van der Waals surface area (Å²) >= 11 is 0. The number of carbonyl (C=O) groups is 1. The van der Waals surface area contributed by atoms with Crippen LogP contribution in [0.3, 0.4) is 0 Å². The normalized spacial score (nSPS) is 25.9. The molecule has 3 aromatic rings. The molecular formula is C25H31F3N7O7P. The minimum atomic E-state index is -4.48. The van der Waals surface area contributed by atoms with Gasteiger partial charge in [0.1, 0.15) is 24.0 Å². The van der Waals surface area contributed by atoms with Crippen molar-refractivity contribution >= 4 is 36.6 Å².